The van der Waals surface area contributed by atoms with Gasteiger partial charge in [-0.05, 0) is 48.1 Å². The van der Waals surface area contributed by atoms with E-state index in [0.717, 1.165) is 17.8 Å². The molecule has 0 amide bonds. The summed E-state index contributed by atoms with van der Waals surface area (Å²) in [5, 5.41) is 0. The molecule has 2 aliphatic carbocycles. The van der Waals surface area contributed by atoms with Crippen molar-refractivity contribution in [1.29, 1.82) is 0 Å². The smallest absolute Gasteiger partial charge is 0.0196 e. The van der Waals surface area contributed by atoms with Gasteiger partial charge in [0.15, 0.2) is 0 Å². The number of rotatable bonds is 3. The number of hydrogen-bond acceptors (Lipinski definition) is 0. The van der Waals surface area contributed by atoms with Crippen LogP contribution in [0.5, 0.6) is 0 Å². The van der Waals surface area contributed by atoms with Gasteiger partial charge in [0, 0.05) is 0 Å². The fourth-order valence-electron chi connectivity index (χ4n) is 3.64. The first-order valence-corrected chi connectivity index (χ1v) is 8.25. The molecule has 2 aliphatic rings. The molecule has 2 aromatic rings. The van der Waals surface area contributed by atoms with E-state index in [0.29, 0.717) is 0 Å². The summed E-state index contributed by atoms with van der Waals surface area (Å²) in [4.78, 5) is 0. The lowest BCUT2D eigenvalue weighted by Gasteiger charge is -2.17. The van der Waals surface area contributed by atoms with Gasteiger partial charge in [-0.15, -0.1) is 0 Å². The molecule has 3 atom stereocenters. The van der Waals surface area contributed by atoms with Crippen molar-refractivity contribution in [2.75, 3.05) is 0 Å². The van der Waals surface area contributed by atoms with Crippen LogP contribution in [0.3, 0.4) is 0 Å². The first-order valence-electron chi connectivity index (χ1n) is 8.25. The summed E-state index contributed by atoms with van der Waals surface area (Å²) in [6.45, 7) is 3.63. The molecule has 0 radical (unpaired) electrons. The zero-order chi connectivity index (χ0) is 15.2. The van der Waals surface area contributed by atoms with Crippen molar-refractivity contribution >= 4 is 6.08 Å². The van der Waals surface area contributed by atoms with Crippen molar-refractivity contribution in [3.63, 3.8) is 0 Å². The molecule has 0 spiro atoms. The lowest BCUT2D eigenvalue weighted by atomic mass is 9.88. The molecule has 2 aromatic carbocycles. The lowest BCUT2D eigenvalue weighted by Crippen LogP contribution is -2.09. The molecule has 0 nitrogen and oxygen atoms in total. The van der Waals surface area contributed by atoms with E-state index in [9.17, 15) is 0 Å². The highest BCUT2D eigenvalue weighted by atomic mass is 14.4. The van der Waals surface area contributed by atoms with Gasteiger partial charge in [0.1, 0.15) is 0 Å². The van der Waals surface area contributed by atoms with Gasteiger partial charge < -0.3 is 0 Å². The molecule has 0 heterocycles. The van der Waals surface area contributed by atoms with Gasteiger partial charge in [0.25, 0.3) is 0 Å². The summed E-state index contributed by atoms with van der Waals surface area (Å²) in [6, 6.07) is 21.0. The molecule has 1 saturated carbocycles. The minimum Gasteiger partial charge on any atom is -0.0985 e. The molecule has 112 valence electrons. The van der Waals surface area contributed by atoms with Crippen molar-refractivity contribution in [3.8, 4) is 0 Å². The Labute approximate surface area is 134 Å². The highest BCUT2D eigenvalue weighted by Gasteiger charge is 2.35. The number of allylic oxidation sites excluding steroid dienone is 2. The van der Waals surface area contributed by atoms with Crippen LogP contribution in [0, 0.1) is 17.8 Å². The van der Waals surface area contributed by atoms with Crippen molar-refractivity contribution < 1.29 is 0 Å². The third-order valence-corrected chi connectivity index (χ3v) is 4.79. The van der Waals surface area contributed by atoms with E-state index in [4.69, 9.17) is 0 Å². The van der Waals surface area contributed by atoms with E-state index in [1.165, 1.54) is 30.4 Å². The Morgan fingerprint density at radius 2 is 1.55 bits per heavy atom. The maximum absolute atomic E-state index is 3.63. The van der Waals surface area contributed by atoms with Crippen LogP contribution in [0.2, 0.25) is 0 Å². The Hall–Kier alpha value is -2.08. The second-order valence-electron chi connectivity index (χ2n) is 6.34. The van der Waals surface area contributed by atoms with Gasteiger partial charge in [-0.3, -0.25) is 0 Å². The van der Waals surface area contributed by atoms with E-state index in [1.807, 2.05) is 36.4 Å². The summed E-state index contributed by atoms with van der Waals surface area (Å²) in [6.07, 6.45) is 10.8. The largest absolute Gasteiger partial charge is 0.0985 e. The van der Waals surface area contributed by atoms with Crippen molar-refractivity contribution in [3.05, 3.63) is 90.5 Å². The molecule has 22 heavy (non-hydrogen) atoms. The molecule has 0 saturated heterocycles. The molecule has 0 N–H and O–H groups in total. The van der Waals surface area contributed by atoms with Crippen LogP contribution < -0.4 is 0 Å². The summed E-state index contributed by atoms with van der Waals surface area (Å²) >= 11 is 0. The van der Waals surface area contributed by atoms with Gasteiger partial charge in [0.05, 0.1) is 0 Å². The summed E-state index contributed by atoms with van der Waals surface area (Å²) in [7, 11) is 0. The average Bonchev–Trinajstić information content (AvgIpc) is 3.20. The molecular formula is C22H24. The average molecular weight is 288 g/mol. The van der Waals surface area contributed by atoms with Gasteiger partial charge in [-0.25, -0.2) is 0 Å². The molecule has 0 aliphatic heterocycles. The maximum Gasteiger partial charge on any atom is -0.0196 e. The quantitative estimate of drug-likeness (QED) is 0.629. The number of fused-ring (bicyclic) bond motifs is 2. The predicted molar refractivity (Wildman–Crippen MR) is 95.5 cm³/mol. The Morgan fingerprint density at radius 1 is 0.864 bits per heavy atom. The third-order valence-electron chi connectivity index (χ3n) is 4.79. The minimum absolute atomic E-state index is 0.889. The van der Waals surface area contributed by atoms with Crippen LogP contribution >= 0.6 is 0 Å². The zero-order valence-corrected chi connectivity index (χ0v) is 13.1. The number of benzene rings is 2. The van der Waals surface area contributed by atoms with Crippen LogP contribution in [-0.2, 0) is 6.42 Å². The van der Waals surface area contributed by atoms with Gasteiger partial charge in [-0.2, -0.15) is 0 Å². The minimum atomic E-state index is 0.889. The standard InChI is InChI=1S/C14H16.C8H8/c1-2-4-11(5-3-1)8-14-10-12-6-7-13(14)9-12;1-2-8-6-4-3-5-7-8/h1-7,12-14H,8-10H2;2-7H,1H2. The summed E-state index contributed by atoms with van der Waals surface area (Å²) < 4.78 is 0. The highest BCUT2D eigenvalue weighted by molar-refractivity contribution is 5.45. The van der Waals surface area contributed by atoms with Crippen molar-refractivity contribution in [1.82, 2.24) is 0 Å². The summed E-state index contributed by atoms with van der Waals surface area (Å²) in [5.41, 5.74) is 2.69. The van der Waals surface area contributed by atoms with Crippen molar-refractivity contribution in [2.45, 2.75) is 19.3 Å². The Morgan fingerprint density at radius 3 is 2.05 bits per heavy atom. The molecule has 3 unspecified atom stereocenters. The molecule has 0 heteroatoms. The van der Waals surface area contributed by atoms with Crippen molar-refractivity contribution in [2.24, 2.45) is 17.8 Å². The first-order chi connectivity index (χ1) is 10.8. The third kappa shape index (κ3) is 3.76. The van der Waals surface area contributed by atoms with Crippen LogP contribution in [0.4, 0.5) is 0 Å². The number of hydrogen-bond donors (Lipinski definition) is 0. The summed E-state index contributed by atoms with van der Waals surface area (Å²) in [5.74, 6) is 2.72. The molecule has 2 bridgehead atoms. The van der Waals surface area contributed by atoms with Crippen LogP contribution in [0.15, 0.2) is 79.4 Å². The predicted octanol–water partition coefficient (Wildman–Crippen LogP) is 5.77. The molecule has 4 rings (SSSR count). The van der Waals surface area contributed by atoms with Gasteiger partial charge in [-0.1, -0.05) is 85.5 Å². The fraction of sp³-hybridized carbons (Fsp3) is 0.273. The van der Waals surface area contributed by atoms with E-state index < -0.39 is 0 Å². The zero-order valence-electron chi connectivity index (χ0n) is 13.1. The van der Waals surface area contributed by atoms with E-state index >= 15 is 0 Å². The Kier molecular flexibility index (Phi) is 4.90. The second kappa shape index (κ2) is 7.26. The molecule has 0 aromatic heterocycles. The van der Waals surface area contributed by atoms with Crippen LogP contribution in [0.1, 0.15) is 24.0 Å². The monoisotopic (exact) mass is 288 g/mol. The fourth-order valence-corrected chi connectivity index (χ4v) is 3.64. The SMILES string of the molecule is C1=CC2CC1CC2Cc1ccccc1.C=Cc1ccccc1. The van der Waals surface area contributed by atoms with E-state index in [2.05, 4.69) is 49.1 Å². The molecular weight excluding hydrogens is 264 g/mol. The normalized spacial score (nSPS) is 24.6. The first kappa shape index (κ1) is 14.8. The lowest BCUT2D eigenvalue weighted by molar-refractivity contribution is 0.446. The highest BCUT2D eigenvalue weighted by Crippen LogP contribution is 2.44. The second-order valence-corrected chi connectivity index (χ2v) is 6.34. The van der Waals surface area contributed by atoms with Crippen LogP contribution in [-0.4, -0.2) is 0 Å². The van der Waals surface area contributed by atoms with E-state index in [1.54, 1.807) is 0 Å². The van der Waals surface area contributed by atoms with Gasteiger partial charge >= 0.3 is 0 Å². The molecule has 1 fully saturated rings. The van der Waals surface area contributed by atoms with Gasteiger partial charge in [0.2, 0.25) is 0 Å². The maximum atomic E-state index is 3.63. The Balaban J connectivity index is 0.000000154. The topological polar surface area (TPSA) is 0 Å². The van der Waals surface area contributed by atoms with E-state index in [-0.39, 0.29) is 0 Å². The van der Waals surface area contributed by atoms with Crippen LogP contribution in [0.25, 0.3) is 6.08 Å². The Bertz CT molecular complexity index is 609.